The average molecular weight is 242 g/mol. The summed E-state index contributed by atoms with van der Waals surface area (Å²) in [4.78, 5) is 20.2. The lowest BCUT2D eigenvalue weighted by Gasteiger charge is -2.07. The molecule has 0 saturated heterocycles. The van der Waals surface area contributed by atoms with E-state index in [1.165, 1.54) is 6.20 Å². The molecule has 2 aromatic rings. The minimum Gasteiger partial charge on any atom is -0.397 e. The van der Waals surface area contributed by atoms with E-state index in [2.05, 4.69) is 15.3 Å². The molecule has 0 aromatic carbocycles. The Morgan fingerprint density at radius 1 is 1.28 bits per heavy atom. The summed E-state index contributed by atoms with van der Waals surface area (Å²) in [5.41, 5.74) is 8.21. The van der Waals surface area contributed by atoms with Gasteiger partial charge in [0.15, 0.2) is 0 Å². The molecule has 2 heterocycles. The molecule has 0 spiro atoms. The highest BCUT2D eigenvalue weighted by Crippen LogP contribution is 2.12. The number of nitrogens with one attached hydrogen (secondary N) is 1. The maximum atomic E-state index is 12.1. The van der Waals surface area contributed by atoms with Gasteiger partial charge in [-0.3, -0.25) is 9.78 Å². The second-order valence-corrected chi connectivity index (χ2v) is 4.07. The first kappa shape index (κ1) is 12.0. The van der Waals surface area contributed by atoms with Gasteiger partial charge in [0, 0.05) is 6.20 Å². The number of pyridine rings is 2. The predicted octanol–water partition coefficient (Wildman–Crippen LogP) is 1.93. The lowest BCUT2D eigenvalue weighted by molar-refractivity contribution is 0.102. The number of hydrogen-bond donors (Lipinski definition) is 2. The number of anilines is 2. The first-order valence-electron chi connectivity index (χ1n) is 5.52. The van der Waals surface area contributed by atoms with Crippen LogP contribution in [0.2, 0.25) is 0 Å². The fourth-order valence-corrected chi connectivity index (χ4v) is 1.57. The van der Waals surface area contributed by atoms with Crippen LogP contribution in [0.4, 0.5) is 11.5 Å². The van der Waals surface area contributed by atoms with Crippen molar-refractivity contribution in [3.05, 3.63) is 47.4 Å². The van der Waals surface area contributed by atoms with E-state index in [4.69, 9.17) is 5.73 Å². The van der Waals surface area contributed by atoms with Crippen LogP contribution in [0, 0.1) is 13.8 Å². The number of carbonyl (C=O) groups excluding carboxylic acids is 1. The number of carbonyl (C=O) groups is 1. The second kappa shape index (κ2) is 4.83. The molecule has 0 aliphatic heterocycles. The van der Waals surface area contributed by atoms with Gasteiger partial charge in [0.25, 0.3) is 5.91 Å². The molecular weight excluding hydrogens is 228 g/mol. The van der Waals surface area contributed by atoms with Crippen molar-refractivity contribution in [3.63, 3.8) is 0 Å². The highest BCUT2D eigenvalue weighted by Gasteiger charge is 2.11. The van der Waals surface area contributed by atoms with Gasteiger partial charge < -0.3 is 11.1 Å². The van der Waals surface area contributed by atoms with E-state index in [0.717, 1.165) is 5.56 Å². The maximum Gasteiger partial charge on any atom is 0.258 e. The van der Waals surface area contributed by atoms with Gasteiger partial charge in [0.2, 0.25) is 0 Å². The van der Waals surface area contributed by atoms with Crippen molar-refractivity contribution in [2.24, 2.45) is 0 Å². The molecule has 3 N–H and O–H groups in total. The maximum absolute atomic E-state index is 12.1. The zero-order valence-electron chi connectivity index (χ0n) is 10.3. The molecule has 0 aliphatic rings. The first-order valence-corrected chi connectivity index (χ1v) is 5.52. The van der Waals surface area contributed by atoms with Crippen molar-refractivity contribution < 1.29 is 4.79 Å². The van der Waals surface area contributed by atoms with Gasteiger partial charge in [0.1, 0.15) is 5.82 Å². The fraction of sp³-hybridized carbons (Fsp3) is 0.154. The summed E-state index contributed by atoms with van der Waals surface area (Å²) in [5.74, 6) is 0.257. The molecule has 5 nitrogen and oxygen atoms in total. The number of aryl methyl sites for hydroxylation is 2. The van der Waals surface area contributed by atoms with Crippen LogP contribution in [0.25, 0.3) is 0 Å². The van der Waals surface area contributed by atoms with Gasteiger partial charge in [-0.25, -0.2) is 4.98 Å². The van der Waals surface area contributed by atoms with Crippen LogP contribution >= 0.6 is 0 Å². The van der Waals surface area contributed by atoms with Crippen LogP contribution in [0.15, 0.2) is 30.6 Å². The van der Waals surface area contributed by atoms with E-state index in [9.17, 15) is 4.79 Å². The standard InChI is InChI=1S/C13H14N4O/c1-8-3-4-15-12(5-8)17-13(18)11-6-10(14)7-16-9(11)2/h3-7H,14H2,1-2H3,(H,15,17,18). The molecule has 2 rings (SSSR count). The summed E-state index contributed by atoms with van der Waals surface area (Å²) in [6, 6.07) is 5.27. The Kier molecular flexibility index (Phi) is 3.23. The number of amides is 1. The van der Waals surface area contributed by atoms with E-state index in [1.54, 1.807) is 25.3 Å². The molecule has 0 saturated carbocycles. The zero-order valence-corrected chi connectivity index (χ0v) is 10.3. The summed E-state index contributed by atoms with van der Waals surface area (Å²) in [6.07, 6.45) is 3.17. The highest BCUT2D eigenvalue weighted by atomic mass is 16.1. The number of hydrogen-bond acceptors (Lipinski definition) is 4. The van der Waals surface area contributed by atoms with Crippen molar-refractivity contribution in [2.45, 2.75) is 13.8 Å². The number of aromatic nitrogens is 2. The molecule has 2 aromatic heterocycles. The molecule has 0 fully saturated rings. The molecule has 0 radical (unpaired) electrons. The van der Waals surface area contributed by atoms with Crippen LogP contribution in [0.5, 0.6) is 0 Å². The van der Waals surface area contributed by atoms with Gasteiger partial charge in [-0.15, -0.1) is 0 Å². The quantitative estimate of drug-likeness (QED) is 0.843. The Hall–Kier alpha value is -2.43. The number of rotatable bonds is 2. The van der Waals surface area contributed by atoms with Gasteiger partial charge in [-0.05, 0) is 37.6 Å². The molecule has 5 heteroatoms. The molecular formula is C13H14N4O. The topological polar surface area (TPSA) is 80.9 Å². The Labute approximate surface area is 105 Å². The van der Waals surface area contributed by atoms with E-state index < -0.39 is 0 Å². The Morgan fingerprint density at radius 3 is 2.78 bits per heavy atom. The Bertz CT molecular complexity index is 595. The van der Waals surface area contributed by atoms with Crippen LogP contribution in [-0.4, -0.2) is 15.9 Å². The lowest BCUT2D eigenvalue weighted by atomic mass is 10.2. The van der Waals surface area contributed by atoms with Crippen molar-refractivity contribution in [2.75, 3.05) is 11.1 Å². The summed E-state index contributed by atoms with van der Waals surface area (Å²) < 4.78 is 0. The van der Waals surface area contributed by atoms with Gasteiger partial charge in [0.05, 0.1) is 23.1 Å². The predicted molar refractivity (Wildman–Crippen MR) is 70.3 cm³/mol. The van der Waals surface area contributed by atoms with Crippen molar-refractivity contribution in [3.8, 4) is 0 Å². The van der Waals surface area contributed by atoms with Crippen LogP contribution < -0.4 is 11.1 Å². The third kappa shape index (κ3) is 2.63. The molecule has 0 unspecified atom stereocenters. The van der Waals surface area contributed by atoms with Crippen LogP contribution in [0.3, 0.4) is 0 Å². The number of nitrogen functional groups attached to an aromatic ring is 1. The summed E-state index contributed by atoms with van der Waals surface area (Å²) in [7, 11) is 0. The minimum atomic E-state index is -0.259. The Morgan fingerprint density at radius 2 is 2.06 bits per heavy atom. The smallest absolute Gasteiger partial charge is 0.258 e. The van der Waals surface area contributed by atoms with Crippen LogP contribution in [0.1, 0.15) is 21.6 Å². The van der Waals surface area contributed by atoms with Gasteiger partial charge in [-0.1, -0.05) is 0 Å². The summed E-state index contributed by atoms with van der Waals surface area (Å²) in [5, 5.41) is 2.72. The Balaban J connectivity index is 2.24. The SMILES string of the molecule is Cc1ccnc(NC(=O)c2cc(N)cnc2C)c1. The normalized spacial score (nSPS) is 10.1. The number of nitrogens with two attached hydrogens (primary N) is 1. The fourth-order valence-electron chi connectivity index (χ4n) is 1.57. The zero-order chi connectivity index (χ0) is 13.1. The summed E-state index contributed by atoms with van der Waals surface area (Å²) in [6.45, 7) is 3.70. The molecule has 1 amide bonds. The van der Waals surface area contributed by atoms with Gasteiger partial charge in [-0.2, -0.15) is 0 Å². The molecule has 18 heavy (non-hydrogen) atoms. The van der Waals surface area contributed by atoms with E-state index in [-0.39, 0.29) is 5.91 Å². The van der Waals surface area contributed by atoms with Crippen molar-refractivity contribution in [1.29, 1.82) is 0 Å². The molecule has 92 valence electrons. The van der Waals surface area contributed by atoms with E-state index in [1.807, 2.05) is 13.0 Å². The largest absolute Gasteiger partial charge is 0.397 e. The lowest BCUT2D eigenvalue weighted by Crippen LogP contribution is -2.15. The first-order chi connectivity index (χ1) is 8.56. The summed E-state index contributed by atoms with van der Waals surface area (Å²) >= 11 is 0. The third-order valence-corrected chi connectivity index (χ3v) is 2.51. The molecule has 0 atom stereocenters. The average Bonchev–Trinajstić information content (AvgIpc) is 2.32. The third-order valence-electron chi connectivity index (χ3n) is 2.51. The van der Waals surface area contributed by atoms with Crippen LogP contribution in [-0.2, 0) is 0 Å². The monoisotopic (exact) mass is 242 g/mol. The van der Waals surface area contributed by atoms with Crippen molar-refractivity contribution >= 4 is 17.4 Å². The second-order valence-electron chi connectivity index (χ2n) is 4.07. The van der Waals surface area contributed by atoms with E-state index in [0.29, 0.717) is 22.8 Å². The van der Waals surface area contributed by atoms with E-state index >= 15 is 0 Å². The van der Waals surface area contributed by atoms with Crippen molar-refractivity contribution in [1.82, 2.24) is 9.97 Å². The molecule has 0 bridgehead atoms. The highest BCUT2D eigenvalue weighted by molar-refractivity contribution is 6.04. The molecule has 0 aliphatic carbocycles. The number of nitrogens with zero attached hydrogens (tertiary/aromatic N) is 2. The van der Waals surface area contributed by atoms with Gasteiger partial charge >= 0.3 is 0 Å². The minimum absolute atomic E-state index is 0.259.